The van der Waals surface area contributed by atoms with Crippen LogP contribution in [0.1, 0.15) is 157 Å². The van der Waals surface area contributed by atoms with Crippen molar-refractivity contribution in [2.75, 3.05) is 20.3 Å². The number of benzene rings is 4. The van der Waals surface area contributed by atoms with Crippen LogP contribution >= 0.6 is 0 Å². The second-order valence-electron chi connectivity index (χ2n) is 26.4. The molecule has 0 radical (unpaired) electrons. The van der Waals surface area contributed by atoms with E-state index in [4.69, 9.17) is 18.9 Å². The first-order valence-corrected chi connectivity index (χ1v) is 32.7. The van der Waals surface area contributed by atoms with Crippen LogP contribution in [0.25, 0.3) is 0 Å². The summed E-state index contributed by atoms with van der Waals surface area (Å²) in [5, 5.41) is 17.6. The molecule has 0 aliphatic carbocycles. The van der Waals surface area contributed by atoms with Gasteiger partial charge in [-0.3, -0.25) is 38.4 Å². The molecule has 2 aliphatic rings. The Kier molecular flexibility index (Phi) is 27.1. The number of esters is 1. The van der Waals surface area contributed by atoms with Crippen molar-refractivity contribution in [3.05, 3.63) is 138 Å². The number of cyclic esters (lactones) is 1. The summed E-state index contributed by atoms with van der Waals surface area (Å²) in [6.45, 7) is 22.0. The highest BCUT2D eigenvalue weighted by molar-refractivity contribution is 5.98. The van der Waals surface area contributed by atoms with Crippen LogP contribution in [0, 0.1) is 29.6 Å². The minimum atomic E-state index is -1.76. The number of likely N-dealkylation sites (N-methyl/N-ethyl adjacent to an activating group) is 1. The lowest BCUT2D eigenvalue weighted by Crippen LogP contribution is -2.61. The Bertz CT molecular complexity index is 3000. The zero-order valence-electron chi connectivity index (χ0n) is 56.0. The topological polar surface area (TPSA) is 266 Å². The summed E-state index contributed by atoms with van der Waals surface area (Å²) in [6.07, 6.45) is -2.08. The highest BCUT2D eigenvalue weighted by Crippen LogP contribution is 2.37. The number of carbonyl (C=O) groups excluding carboxylic acids is 9. The molecule has 0 spiro atoms. The third kappa shape index (κ3) is 20.3. The van der Waals surface area contributed by atoms with Crippen molar-refractivity contribution in [3.8, 4) is 5.75 Å². The van der Waals surface area contributed by atoms with E-state index < -0.39 is 131 Å². The first kappa shape index (κ1) is 73.1. The van der Waals surface area contributed by atoms with Gasteiger partial charge in [0.2, 0.25) is 41.4 Å². The number of ether oxygens (including phenoxy) is 4. The Morgan fingerprint density at radius 1 is 0.652 bits per heavy atom. The van der Waals surface area contributed by atoms with E-state index in [-0.39, 0.29) is 56.6 Å². The summed E-state index contributed by atoms with van der Waals surface area (Å²) in [6, 6.07) is 27.2. The fourth-order valence-electron chi connectivity index (χ4n) is 11.4. The van der Waals surface area contributed by atoms with Crippen LogP contribution in [0.2, 0.25) is 0 Å². The lowest BCUT2D eigenvalue weighted by Gasteiger charge is -2.37. The summed E-state index contributed by atoms with van der Waals surface area (Å²) in [5.41, 5.74) is 1.23. The Hall–Kier alpha value is -7.97. The lowest BCUT2D eigenvalue weighted by atomic mass is 9.76. The predicted molar refractivity (Wildman–Crippen MR) is 350 cm³/mol. The molecule has 0 saturated carbocycles. The maximum Gasteiger partial charge on any atom is 0.329 e. The first-order valence-electron chi connectivity index (χ1n) is 32.7. The van der Waals surface area contributed by atoms with Crippen molar-refractivity contribution in [1.82, 2.24) is 36.8 Å². The Balaban J connectivity index is 1.42. The number of amides is 7. The number of rotatable bonds is 24. The van der Waals surface area contributed by atoms with E-state index >= 15 is 19.2 Å². The molecule has 6 N–H and O–H groups in total. The van der Waals surface area contributed by atoms with Gasteiger partial charge in [-0.2, -0.15) is 0 Å². The minimum absolute atomic E-state index is 0.0231. The lowest BCUT2D eigenvalue weighted by molar-refractivity contribution is -0.158. The third-order valence-electron chi connectivity index (χ3n) is 17.3. The third-order valence-corrected chi connectivity index (χ3v) is 17.3. The van der Waals surface area contributed by atoms with Crippen molar-refractivity contribution in [3.63, 3.8) is 0 Å². The van der Waals surface area contributed by atoms with Gasteiger partial charge in [0.1, 0.15) is 65.0 Å². The van der Waals surface area contributed by atoms with Crippen LogP contribution in [0.15, 0.2) is 115 Å². The number of nitrogens with one attached hydrogen (secondary N) is 6. The van der Waals surface area contributed by atoms with Crippen LogP contribution in [-0.4, -0.2) is 133 Å². The molecule has 7 amide bonds. The smallest absolute Gasteiger partial charge is 0.329 e. The van der Waals surface area contributed by atoms with Gasteiger partial charge in [-0.05, 0) is 99.1 Å². The van der Waals surface area contributed by atoms with E-state index in [1.165, 1.54) is 18.9 Å². The van der Waals surface area contributed by atoms with Gasteiger partial charge < -0.3 is 55.7 Å². The quantitative estimate of drug-likeness (QED) is 0.0287. The molecule has 92 heavy (non-hydrogen) atoms. The molecule has 6 rings (SSSR count). The van der Waals surface area contributed by atoms with Gasteiger partial charge in [0, 0.05) is 44.6 Å². The molecule has 4 aromatic carbocycles. The van der Waals surface area contributed by atoms with Crippen LogP contribution < -0.4 is 36.6 Å². The molecule has 20 heteroatoms. The number of hydrogen-bond donors (Lipinski definition) is 6. The molecule has 0 unspecified atom stereocenters. The highest BCUT2D eigenvalue weighted by atomic mass is 16.7. The van der Waals surface area contributed by atoms with Crippen molar-refractivity contribution in [2.24, 2.45) is 29.6 Å². The molecule has 2 heterocycles. The van der Waals surface area contributed by atoms with Gasteiger partial charge in [0.15, 0.2) is 6.29 Å². The minimum Gasteiger partial charge on any atom is -0.488 e. The van der Waals surface area contributed by atoms with Gasteiger partial charge in [-0.25, -0.2) is 4.79 Å². The largest absolute Gasteiger partial charge is 0.488 e. The monoisotopic (exact) mass is 1270 g/mol. The molecule has 20 nitrogen and oxygen atoms in total. The molecule has 2 fully saturated rings. The summed E-state index contributed by atoms with van der Waals surface area (Å²) < 4.78 is 23.7. The Labute approximate surface area is 543 Å². The van der Waals surface area contributed by atoms with Crippen molar-refractivity contribution in [1.29, 1.82) is 0 Å². The van der Waals surface area contributed by atoms with Crippen LogP contribution in [-0.2, 0) is 69.3 Å². The molecule has 10 atom stereocenters. The second-order valence-corrected chi connectivity index (χ2v) is 26.4. The summed E-state index contributed by atoms with van der Waals surface area (Å²) in [7, 11) is 1.46. The van der Waals surface area contributed by atoms with Crippen molar-refractivity contribution < 1.29 is 62.1 Å². The molecule has 500 valence electrons. The van der Waals surface area contributed by atoms with Gasteiger partial charge in [-0.15, -0.1) is 0 Å². The summed E-state index contributed by atoms with van der Waals surface area (Å²) >= 11 is 0. The Morgan fingerprint density at radius 2 is 1.16 bits per heavy atom. The predicted octanol–water partition coefficient (Wildman–Crippen LogP) is 8.01. The van der Waals surface area contributed by atoms with E-state index in [9.17, 15) is 24.0 Å². The SMILES string of the molecule is CC[C@H](C)[C@@H]1NC(=O)[C@H](Cc2ccc(OC(C)(C)C)cc2)N(C)C(=O)[C@H]([C@@H](C)CC)NC(=O)[C@H](CCC2OCCO2)NC(=O)[C@H](CC(C)C)NC(=O)[C@@H](NC(=O)[C@H](CCC(=O)NC(c2ccccc2)(c2ccccc2)c2ccccc2)CC(=O)C(C)C)[C@@H](C)OC1=O. The maximum atomic E-state index is 15.3. The molecule has 0 bridgehead atoms. The summed E-state index contributed by atoms with van der Waals surface area (Å²) in [4.78, 5) is 135. The molecule has 4 aromatic rings. The normalized spacial score (nSPS) is 22.1. The van der Waals surface area contributed by atoms with Crippen molar-refractivity contribution in [2.45, 2.75) is 201 Å². The Morgan fingerprint density at radius 3 is 1.67 bits per heavy atom. The molecular formula is C72H99N7O13. The molecule has 0 aromatic heterocycles. The van der Waals surface area contributed by atoms with E-state index in [0.717, 1.165) is 16.7 Å². The van der Waals surface area contributed by atoms with E-state index in [0.29, 0.717) is 37.4 Å². The highest BCUT2D eigenvalue weighted by Gasteiger charge is 2.43. The van der Waals surface area contributed by atoms with Crippen LogP contribution in [0.4, 0.5) is 0 Å². The second kappa shape index (κ2) is 34.1. The molecule has 2 saturated heterocycles. The zero-order valence-corrected chi connectivity index (χ0v) is 56.0. The number of carbonyl (C=O) groups is 9. The fourth-order valence-corrected chi connectivity index (χ4v) is 11.4. The van der Waals surface area contributed by atoms with E-state index in [1.807, 2.05) is 139 Å². The number of hydrogen-bond acceptors (Lipinski definition) is 13. The number of nitrogens with zero attached hydrogens (tertiary/aromatic N) is 1. The van der Waals surface area contributed by atoms with Gasteiger partial charge in [-0.1, -0.05) is 171 Å². The van der Waals surface area contributed by atoms with Crippen LogP contribution in [0.5, 0.6) is 5.75 Å². The maximum absolute atomic E-state index is 15.3. The van der Waals surface area contributed by atoms with E-state index in [2.05, 4.69) is 31.9 Å². The molecular weight excluding hydrogens is 1170 g/mol. The number of ketones is 1. The van der Waals surface area contributed by atoms with Gasteiger partial charge in [0.25, 0.3) is 0 Å². The average Bonchev–Trinajstić information content (AvgIpc) is 0.787. The van der Waals surface area contributed by atoms with Crippen molar-refractivity contribution >= 4 is 53.1 Å². The zero-order chi connectivity index (χ0) is 67.5. The standard InChI is InChI=1S/C72H99N7O13/c1-14-46(7)61-69(87)79(13)57(42-49-31-34-54(35-32-49)92-71(10,11)12)67(85)76-62(47(8)15-2)70(88)91-48(9)63(68(86)74-56(41-44(3)4)66(84)73-55(65(83)75-61)36-38-60-89-39-40-90-60)77-64(82)50(43-58(80)45(5)6)33-37-59(81)78-72(51-25-19-16-20-26-51,52-27-21-17-22-28-52)53-29-23-18-24-30-53/h16-32,34-35,44-48,50,55-57,60-63H,14-15,33,36-43H2,1-13H3,(H,73,84)(H,74,86)(H,75,83)(H,76,85)(H,77,82)(H,78,81)/t46-,47-,48+,50+,55-,56-,57-,61-,62-,63-/m0/s1. The van der Waals surface area contributed by atoms with Crippen LogP contribution in [0.3, 0.4) is 0 Å². The molecule has 2 aliphatic heterocycles. The summed E-state index contributed by atoms with van der Waals surface area (Å²) in [5.74, 6) is -8.81. The first-order chi connectivity index (χ1) is 43.6. The van der Waals surface area contributed by atoms with E-state index in [1.54, 1.807) is 52.0 Å². The van der Waals surface area contributed by atoms with Gasteiger partial charge >= 0.3 is 5.97 Å². The fraction of sp³-hybridized carbons (Fsp3) is 0.542. The van der Waals surface area contributed by atoms with Gasteiger partial charge in [0.05, 0.1) is 13.2 Å². The average molecular weight is 1270 g/mol. The number of Topliss-reactive ketones (excluding diaryl/α,β-unsaturated/α-hetero) is 1.